The molecule has 0 unspecified atom stereocenters. The van der Waals surface area contributed by atoms with E-state index in [0.717, 1.165) is 0 Å². The van der Waals surface area contributed by atoms with Gasteiger partial charge in [-0.1, -0.05) is 24.3 Å². The van der Waals surface area contributed by atoms with Crippen LogP contribution in [0.5, 0.6) is 0 Å². The molecule has 0 aliphatic heterocycles. The van der Waals surface area contributed by atoms with Crippen LogP contribution >= 0.6 is 19.8 Å². The Labute approximate surface area is 115 Å². The van der Waals surface area contributed by atoms with Gasteiger partial charge in [0.2, 0.25) is 0 Å². The van der Waals surface area contributed by atoms with Crippen molar-refractivity contribution in [2.24, 2.45) is 0 Å². The summed E-state index contributed by atoms with van der Waals surface area (Å²) in [4.78, 5) is 22.8. The lowest BCUT2D eigenvalue weighted by Gasteiger charge is -2.08. The second-order valence-corrected chi connectivity index (χ2v) is 6.23. The summed E-state index contributed by atoms with van der Waals surface area (Å²) in [5.41, 5.74) is -0.489. The topological polar surface area (TPSA) is 88.5 Å². The monoisotopic (exact) mass is 372 g/mol. The Morgan fingerprint density at radius 3 is 2.32 bits per heavy atom. The molecule has 0 aliphatic carbocycles. The van der Waals surface area contributed by atoms with Gasteiger partial charge in [-0.15, -0.1) is 0 Å². The van der Waals surface area contributed by atoms with E-state index < -0.39 is 37.1 Å². The van der Waals surface area contributed by atoms with Gasteiger partial charge in [-0.3, -0.25) is 4.79 Å². The predicted molar refractivity (Wildman–Crippen MR) is 75.0 cm³/mol. The average molecular weight is 372 g/mol. The van der Waals surface area contributed by atoms with Gasteiger partial charge in [-0.05, 0) is 18.4 Å². The fraction of sp³-hybridized carbons (Fsp3) is 0.0769. The second-order valence-electron chi connectivity index (χ2n) is 3.91. The van der Waals surface area contributed by atoms with Crippen LogP contribution in [0, 0.1) is 3.57 Å². The number of fused-ring (bicyclic) bond motifs is 1. The van der Waals surface area contributed by atoms with Crippen LogP contribution in [-0.2, 0) is 6.14 Å². The van der Waals surface area contributed by atoms with Crippen LogP contribution in [0.1, 0.15) is 27.6 Å². The summed E-state index contributed by atoms with van der Waals surface area (Å²) in [6, 6.07) is 7.94. The number of carbonyl (C=O) groups is 2. The Balaban J connectivity index is 3.09. The number of hydrogen-bond acceptors (Lipinski definition) is 4. The van der Waals surface area contributed by atoms with Crippen molar-refractivity contribution in [3.8, 4) is 0 Å². The summed E-state index contributed by atoms with van der Waals surface area (Å²) < 4.78 is 22.7. The van der Waals surface area contributed by atoms with E-state index in [4.69, 9.17) is 0 Å². The van der Waals surface area contributed by atoms with Crippen molar-refractivity contribution in [3.63, 3.8) is 0 Å². The molecule has 0 aliphatic rings. The Hall–Kier alpha value is -1.83. The molecule has 0 radical (unpaired) electrons. The largest absolute Gasteiger partial charge is 0.478 e. The number of carboxylic acid groups (broad SMARTS) is 1. The van der Waals surface area contributed by atoms with Gasteiger partial charge >= 0.3 is 25.8 Å². The van der Waals surface area contributed by atoms with Crippen LogP contribution < -0.4 is 0 Å². The van der Waals surface area contributed by atoms with Crippen LogP contribution in [0.15, 0.2) is 30.3 Å². The first-order valence-electron chi connectivity index (χ1n) is 5.28. The standard InChI is InChI=1S/C13H9IO5/c1-7(15)10-6-8-4-2-3-5-9(8)12(14(18)19)11(10)13(16)17/h2-6H,1H3,(H,16,17). The van der Waals surface area contributed by atoms with Crippen molar-refractivity contribution in [1.29, 1.82) is 0 Å². The molecule has 98 valence electrons. The van der Waals surface area contributed by atoms with E-state index in [9.17, 15) is 20.8 Å². The first-order chi connectivity index (χ1) is 8.93. The first-order valence-corrected chi connectivity index (χ1v) is 8.12. The van der Waals surface area contributed by atoms with Crippen molar-refractivity contribution in [2.75, 3.05) is 0 Å². The van der Waals surface area contributed by atoms with Crippen molar-refractivity contribution in [1.82, 2.24) is 0 Å². The third kappa shape index (κ3) is 2.35. The molecule has 2 rings (SSSR count). The molecule has 5 nitrogen and oxygen atoms in total. The van der Waals surface area contributed by atoms with Gasteiger partial charge in [0.1, 0.15) is 0 Å². The van der Waals surface area contributed by atoms with Crippen LogP contribution in [0.4, 0.5) is 0 Å². The highest BCUT2D eigenvalue weighted by molar-refractivity contribution is 14.2. The van der Waals surface area contributed by atoms with E-state index >= 15 is 0 Å². The highest BCUT2D eigenvalue weighted by Gasteiger charge is 2.24. The molecule has 2 aromatic carbocycles. The fourth-order valence-corrected chi connectivity index (χ4v) is 3.88. The van der Waals surface area contributed by atoms with Gasteiger partial charge in [0.15, 0.2) is 5.78 Å². The number of ketones is 1. The molecule has 0 heterocycles. The van der Waals surface area contributed by atoms with Crippen LogP contribution in [0.2, 0.25) is 0 Å². The third-order valence-electron chi connectivity index (χ3n) is 2.73. The molecule has 0 bridgehead atoms. The Morgan fingerprint density at radius 2 is 1.79 bits per heavy atom. The Morgan fingerprint density at radius 1 is 1.16 bits per heavy atom. The molecular formula is C13H9IO5. The SMILES string of the molecule is CC(=O)c1cc2ccccc2c(I(=O)=O)c1C(=O)O. The number of carbonyl (C=O) groups excluding carboxylic acids is 1. The fourth-order valence-electron chi connectivity index (χ4n) is 1.95. The van der Waals surface area contributed by atoms with Crippen molar-refractivity contribution in [2.45, 2.75) is 6.92 Å². The van der Waals surface area contributed by atoms with E-state index in [-0.39, 0.29) is 9.13 Å². The summed E-state index contributed by atoms with van der Waals surface area (Å²) in [7, 11) is 0. The van der Waals surface area contributed by atoms with Crippen molar-refractivity contribution >= 4 is 42.3 Å². The normalized spacial score (nSPS) is 10.8. The zero-order valence-corrected chi connectivity index (χ0v) is 12.0. The average Bonchev–Trinajstić information content (AvgIpc) is 2.35. The molecule has 0 spiro atoms. The number of halogens is 1. The number of benzene rings is 2. The van der Waals surface area contributed by atoms with Gasteiger partial charge in [-0.2, -0.15) is 0 Å². The lowest BCUT2D eigenvalue weighted by atomic mass is 9.99. The molecule has 0 saturated carbocycles. The molecule has 1 N–H and O–H groups in total. The smallest absolute Gasteiger partial charge is 0.342 e. The highest BCUT2D eigenvalue weighted by atomic mass is 127. The van der Waals surface area contributed by atoms with Gasteiger partial charge in [0.05, 0.1) is 9.13 Å². The lowest BCUT2D eigenvalue weighted by molar-refractivity contribution is 0.0691. The maximum absolute atomic E-state index is 11.5. The summed E-state index contributed by atoms with van der Waals surface area (Å²) in [6.45, 7) is 1.22. The molecule has 0 saturated heterocycles. The van der Waals surface area contributed by atoms with E-state index in [2.05, 4.69) is 0 Å². The summed E-state index contributed by atoms with van der Waals surface area (Å²) >= 11 is -4.06. The summed E-state index contributed by atoms with van der Waals surface area (Å²) in [5, 5.41) is 10.1. The predicted octanol–water partition coefficient (Wildman–Crippen LogP) is 3.11. The lowest BCUT2D eigenvalue weighted by Crippen LogP contribution is -2.09. The number of aromatic carboxylic acids is 1. The molecule has 19 heavy (non-hydrogen) atoms. The third-order valence-corrected chi connectivity index (χ3v) is 4.73. The quantitative estimate of drug-likeness (QED) is 0.661. The minimum absolute atomic E-state index is 0.0739. The number of Topliss-reactive ketones (excluding diaryl/α,β-unsaturated/α-hetero) is 1. The van der Waals surface area contributed by atoms with Gasteiger partial charge in [-0.25, -0.2) is 10.9 Å². The maximum Gasteiger partial charge on any atom is 0.342 e. The molecular weight excluding hydrogens is 363 g/mol. The van der Waals surface area contributed by atoms with Crippen molar-refractivity contribution in [3.05, 3.63) is 45.0 Å². The van der Waals surface area contributed by atoms with Gasteiger partial charge < -0.3 is 5.11 Å². The zero-order valence-electron chi connectivity index (χ0n) is 9.84. The second kappa shape index (κ2) is 5.04. The van der Waals surface area contributed by atoms with E-state index in [0.29, 0.717) is 10.8 Å². The van der Waals surface area contributed by atoms with Gasteiger partial charge in [0.25, 0.3) is 0 Å². The number of rotatable bonds is 3. The molecule has 0 fully saturated rings. The number of carboxylic acids is 1. The van der Waals surface area contributed by atoms with E-state index in [1.54, 1.807) is 24.3 Å². The van der Waals surface area contributed by atoms with E-state index in [1.165, 1.54) is 13.0 Å². The Bertz CT molecular complexity index is 766. The summed E-state index contributed by atoms with van der Waals surface area (Å²) in [6.07, 6.45) is 0. The molecule has 0 amide bonds. The molecule has 0 aromatic heterocycles. The molecule has 6 heteroatoms. The van der Waals surface area contributed by atoms with Crippen LogP contribution in [-0.4, -0.2) is 16.9 Å². The molecule has 2 aromatic rings. The minimum Gasteiger partial charge on any atom is -0.478 e. The zero-order chi connectivity index (χ0) is 14.2. The van der Waals surface area contributed by atoms with Crippen LogP contribution in [0.3, 0.4) is 0 Å². The number of hydrogen-bond donors (Lipinski definition) is 1. The highest BCUT2D eigenvalue weighted by Crippen LogP contribution is 2.33. The maximum atomic E-state index is 11.5. The van der Waals surface area contributed by atoms with Crippen LogP contribution in [0.25, 0.3) is 10.8 Å². The van der Waals surface area contributed by atoms with Gasteiger partial charge in [0, 0.05) is 10.9 Å². The van der Waals surface area contributed by atoms with E-state index in [1.807, 2.05) is 0 Å². The van der Waals surface area contributed by atoms with Crippen molar-refractivity contribution < 1.29 is 20.8 Å². The Kier molecular flexibility index (Phi) is 3.61. The molecule has 0 atom stereocenters. The summed E-state index contributed by atoms with van der Waals surface area (Å²) in [5.74, 6) is -1.87. The first kappa shape index (κ1) is 13.6. The minimum atomic E-state index is -4.06.